The first kappa shape index (κ1) is 13.8. The molecule has 3 unspecified atom stereocenters. The number of thioether (sulfide) groups is 1. The zero-order chi connectivity index (χ0) is 12.0. The van der Waals surface area contributed by atoms with Crippen molar-refractivity contribution in [1.29, 1.82) is 0 Å². The predicted molar refractivity (Wildman–Crippen MR) is 67.6 cm³/mol. The molecule has 0 radical (unpaired) electrons. The lowest BCUT2D eigenvalue weighted by Gasteiger charge is -2.29. The van der Waals surface area contributed by atoms with Gasteiger partial charge in [-0.15, -0.1) is 0 Å². The number of carbonyl (C=O) groups is 1. The Kier molecular flexibility index (Phi) is 6.16. The van der Waals surface area contributed by atoms with Gasteiger partial charge in [-0.2, -0.15) is 11.8 Å². The van der Waals surface area contributed by atoms with E-state index in [1.807, 2.05) is 11.8 Å². The molecular formula is C11H22N2O2S. The minimum atomic E-state index is -0.542. The van der Waals surface area contributed by atoms with Crippen molar-refractivity contribution in [1.82, 2.24) is 5.32 Å². The number of hydrogen-bond donors (Lipinski definition) is 2. The maximum absolute atomic E-state index is 11.7. The van der Waals surface area contributed by atoms with Gasteiger partial charge in [-0.3, -0.25) is 4.79 Å². The second-order valence-electron chi connectivity index (χ2n) is 4.29. The van der Waals surface area contributed by atoms with E-state index < -0.39 is 6.04 Å². The fourth-order valence-electron chi connectivity index (χ4n) is 2.05. The standard InChI is InChI=1S/C11H22N2O2S/c1-15-7-10(12)11(14)13-8-4-3-5-9(6-8)16-2/h8-10H,3-7,12H2,1-2H3,(H,13,14). The van der Waals surface area contributed by atoms with Crippen LogP contribution in [0, 0.1) is 0 Å². The Morgan fingerprint density at radius 2 is 2.38 bits per heavy atom. The van der Waals surface area contributed by atoms with Gasteiger partial charge < -0.3 is 15.8 Å². The van der Waals surface area contributed by atoms with Crippen LogP contribution in [-0.4, -0.2) is 43.2 Å². The van der Waals surface area contributed by atoms with Gasteiger partial charge >= 0.3 is 0 Å². The highest BCUT2D eigenvalue weighted by atomic mass is 32.2. The van der Waals surface area contributed by atoms with Gasteiger partial charge in [0.2, 0.25) is 5.91 Å². The Bertz CT molecular complexity index is 226. The van der Waals surface area contributed by atoms with Gasteiger partial charge in [0, 0.05) is 18.4 Å². The number of rotatable bonds is 5. The minimum absolute atomic E-state index is 0.0893. The molecule has 1 rings (SSSR count). The van der Waals surface area contributed by atoms with Gasteiger partial charge in [-0.25, -0.2) is 0 Å². The lowest BCUT2D eigenvalue weighted by Crippen LogP contribution is -2.48. The third-order valence-electron chi connectivity index (χ3n) is 2.99. The van der Waals surface area contributed by atoms with Crippen LogP contribution in [0.3, 0.4) is 0 Å². The molecule has 0 saturated heterocycles. The van der Waals surface area contributed by atoms with Crippen LogP contribution >= 0.6 is 11.8 Å². The molecule has 0 aromatic heterocycles. The Morgan fingerprint density at radius 1 is 1.62 bits per heavy atom. The Balaban J connectivity index is 2.32. The molecule has 0 bridgehead atoms. The average Bonchev–Trinajstić information content (AvgIpc) is 2.29. The van der Waals surface area contributed by atoms with E-state index in [-0.39, 0.29) is 12.5 Å². The van der Waals surface area contributed by atoms with Crippen molar-refractivity contribution in [2.75, 3.05) is 20.0 Å². The molecule has 1 fully saturated rings. The van der Waals surface area contributed by atoms with Gasteiger partial charge in [0.1, 0.15) is 6.04 Å². The summed E-state index contributed by atoms with van der Waals surface area (Å²) in [5.74, 6) is -0.0893. The van der Waals surface area contributed by atoms with Crippen LogP contribution in [0.4, 0.5) is 0 Å². The van der Waals surface area contributed by atoms with Crippen LogP contribution < -0.4 is 11.1 Å². The third-order valence-corrected chi connectivity index (χ3v) is 4.08. The van der Waals surface area contributed by atoms with Gasteiger partial charge in [-0.1, -0.05) is 6.42 Å². The highest BCUT2D eigenvalue weighted by Gasteiger charge is 2.24. The van der Waals surface area contributed by atoms with Crippen LogP contribution in [0.25, 0.3) is 0 Å². The molecular weight excluding hydrogens is 224 g/mol. The average molecular weight is 246 g/mol. The molecule has 3 atom stereocenters. The van der Waals surface area contributed by atoms with E-state index >= 15 is 0 Å². The Labute approximate surface area is 102 Å². The van der Waals surface area contributed by atoms with E-state index in [9.17, 15) is 4.79 Å². The van der Waals surface area contributed by atoms with E-state index in [4.69, 9.17) is 10.5 Å². The molecule has 0 heterocycles. The van der Waals surface area contributed by atoms with Crippen molar-refractivity contribution >= 4 is 17.7 Å². The SMILES string of the molecule is COCC(N)C(=O)NC1CCCC(SC)C1. The lowest BCUT2D eigenvalue weighted by molar-refractivity contribution is -0.124. The van der Waals surface area contributed by atoms with Crippen LogP contribution in [-0.2, 0) is 9.53 Å². The van der Waals surface area contributed by atoms with E-state index in [0.29, 0.717) is 11.3 Å². The van der Waals surface area contributed by atoms with Gasteiger partial charge in [-0.05, 0) is 25.5 Å². The molecule has 0 aromatic carbocycles. The first-order chi connectivity index (χ1) is 7.67. The maximum Gasteiger partial charge on any atom is 0.239 e. The van der Waals surface area contributed by atoms with E-state index in [0.717, 1.165) is 12.8 Å². The summed E-state index contributed by atoms with van der Waals surface area (Å²) < 4.78 is 4.87. The number of carbonyl (C=O) groups excluding carboxylic acids is 1. The predicted octanol–water partition coefficient (Wildman–Crippen LogP) is 0.751. The van der Waals surface area contributed by atoms with E-state index in [1.54, 1.807) is 7.11 Å². The quantitative estimate of drug-likeness (QED) is 0.751. The summed E-state index contributed by atoms with van der Waals surface area (Å²) in [4.78, 5) is 11.7. The molecule has 16 heavy (non-hydrogen) atoms. The van der Waals surface area contributed by atoms with Crippen LogP contribution in [0.2, 0.25) is 0 Å². The van der Waals surface area contributed by atoms with Gasteiger partial charge in [0.05, 0.1) is 6.61 Å². The normalized spacial score (nSPS) is 27.4. The van der Waals surface area contributed by atoms with E-state index in [2.05, 4.69) is 11.6 Å². The lowest BCUT2D eigenvalue weighted by atomic mass is 9.95. The Hall–Kier alpha value is -0.260. The highest BCUT2D eigenvalue weighted by molar-refractivity contribution is 7.99. The van der Waals surface area contributed by atoms with E-state index in [1.165, 1.54) is 12.8 Å². The number of ether oxygens (including phenoxy) is 1. The summed E-state index contributed by atoms with van der Waals surface area (Å²) in [5, 5.41) is 3.69. The van der Waals surface area contributed by atoms with Gasteiger partial charge in [0.25, 0.3) is 0 Å². The largest absolute Gasteiger partial charge is 0.383 e. The molecule has 1 saturated carbocycles. The summed E-state index contributed by atoms with van der Waals surface area (Å²) in [6.45, 7) is 0.282. The van der Waals surface area contributed by atoms with Crippen molar-refractivity contribution in [3.8, 4) is 0 Å². The van der Waals surface area contributed by atoms with Crippen molar-refractivity contribution in [3.63, 3.8) is 0 Å². The smallest absolute Gasteiger partial charge is 0.239 e. The molecule has 0 aromatic rings. The monoisotopic (exact) mass is 246 g/mol. The molecule has 0 aliphatic heterocycles. The van der Waals surface area contributed by atoms with Crippen LogP contribution in [0.15, 0.2) is 0 Å². The molecule has 5 heteroatoms. The number of amides is 1. The first-order valence-corrected chi connectivity index (χ1v) is 7.03. The van der Waals surface area contributed by atoms with Crippen molar-refractivity contribution in [2.24, 2.45) is 5.73 Å². The zero-order valence-corrected chi connectivity index (χ0v) is 10.9. The van der Waals surface area contributed by atoms with Crippen LogP contribution in [0.1, 0.15) is 25.7 Å². The topological polar surface area (TPSA) is 64.3 Å². The Morgan fingerprint density at radius 3 is 3.00 bits per heavy atom. The molecule has 4 nitrogen and oxygen atoms in total. The maximum atomic E-state index is 11.7. The second kappa shape index (κ2) is 7.14. The molecule has 1 aliphatic carbocycles. The number of hydrogen-bond acceptors (Lipinski definition) is 4. The fraction of sp³-hybridized carbons (Fsp3) is 0.909. The fourth-order valence-corrected chi connectivity index (χ4v) is 2.88. The van der Waals surface area contributed by atoms with Crippen LogP contribution in [0.5, 0.6) is 0 Å². The summed E-state index contributed by atoms with van der Waals surface area (Å²) >= 11 is 1.89. The molecule has 1 amide bonds. The number of methoxy groups -OCH3 is 1. The highest BCUT2D eigenvalue weighted by Crippen LogP contribution is 2.26. The first-order valence-electron chi connectivity index (χ1n) is 5.75. The summed E-state index contributed by atoms with van der Waals surface area (Å²) in [6.07, 6.45) is 6.72. The summed E-state index contributed by atoms with van der Waals surface area (Å²) in [5.41, 5.74) is 5.67. The number of nitrogens with two attached hydrogens (primary N) is 1. The molecule has 1 aliphatic rings. The second-order valence-corrected chi connectivity index (χ2v) is 5.43. The zero-order valence-electron chi connectivity index (χ0n) is 10.1. The molecule has 0 spiro atoms. The molecule has 3 N–H and O–H groups in total. The summed E-state index contributed by atoms with van der Waals surface area (Å²) in [6, 6.07) is -0.249. The minimum Gasteiger partial charge on any atom is -0.383 e. The van der Waals surface area contributed by atoms with Crippen molar-refractivity contribution in [3.05, 3.63) is 0 Å². The number of nitrogens with one attached hydrogen (secondary N) is 1. The molecule has 94 valence electrons. The van der Waals surface area contributed by atoms with Gasteiger partial charge in [0.15, 0.2) is 0 Å². The van der Waals surface area contributed by atoms with Crippen molar-refractivity contribution in [2.45, 2.75) is 43.0 Å². The van der Waals surface area contributed by atoms with Crippen molar-refractivity contribution < 1.29 is 9.53 Å². The third kappa shape index (κ3) is 4.31. The summed E-state index contributed by atoms with van der Waals surface area (Å²) in [7, 11) is 1.55.